The minimum absolute atomic E-state index is 0.101. The molecule has 6 rings (SSSR count). The van der Waals surface area contributed by atoms with E-state index in [1.165, 1.54) is 5.57 Å². The third kappa shape index (κ3) is 4.24. The van der Waals surface area contributed by atoms with Crippen LogP contribution in [0.2, 0.25) is 0 Å². The van der Waals surface area contributed by atoms with E-state index >= 15 is 0 Å². The second kappa shape index (κ2) is 9.68. The number of piperidine rings is 1. The lowest BCUT2D eigenvalue weighted by Crippen LogP contribution is -2.44. The zero-order valence-corrected chi connectivity index (χ0v) is 22.2. The van der Waals surface area contributed by atoms with Crippen LogP contribution < -0.4 is 16.2 Å². The maximum absolute atomic E-state index is 14.1. The SMILES string of the molecule is CC(C)=CCn1c(N2CCCC(N)C2)nc2c(C)nn(Cc3nc4ccccc4c4ccccc34)c(=O)c21. The fraction of sp³-hybridized carbons (Fsp3) is 0.333. The van der Waals surface area contributed by atoms with Crippen molar-refractivity contribution in [3.05, 3.63) is 81.9 Å². The number of anilines is 1. The van der Waals surface area contributed by atoms with Crippen molar-refractivity contribution in [1.82, 2.24) is 24.3 Å². The van der Waals surface area contributed by atoms with Gasteiger partial charge in [-0.25, -0.2) is 9.67 Å². The molecule has 1 unspecified atom stereocenters. The summed E-state index contributed by atoms with van der Waals surface area (Å²) in [6.07, 6.45) is 4.15. The van der Waals surface area contributed by atoms with Gasteiger partial charge in [0, 0.05) is 36.4 Å². The highest BCUT2D eigenvalue weighted by Crippen LogP contribution is 2.28. The molecule has 0 radical (unpaired) electrons. The predicted molar refractivity (Wildman–Crippen MR) is 154 cm³/mol. The van der Waals surface area contributed by atoms with Gasteiger partial charge in [-0.3, -0.25) is 9.78 Å². The van der Waals surface area contributed by atoms with Gasteiger partial charge in [0.15, 0.2) is 0 Å². The Labute approximate surface area is 221 Å². The van der Waals surface area contributed by atoms with Crippen molar-refractivity contribution in [2.45, 2.75) is 52.7 Å². The van der Waals surface area contributed by atoms with Crippen molar-refractivity contribution in [3.63, 3.8) is 0 Å². The van der Waals surface area contributed by atoms with Crippen LogP contribution in [-0.2, 0) is 13.1 Å². The minimum Gasteiger partial charge on any atom is -0.341 e. The summed E-state index contributed by atoms with van der Waals surface area (Å²) in [5.41, 5.74) is 11.0. The summed E-state index contributed by atoms with van der Waals surface area (Å²) in [4.78, 5) is 26.2. The molecule has 5 aromatic rings. The zero-order valence-electron chi connectivity index (χ0n) is 22.2. The minimum atomic E-state index is -0.160. The van der Waals surface area contributed by atoms with Gasteiger partial charge in [0.25, 0.3) is 5.56 Å². The van der Waals surface area contributed by atoms with Gasteiger partial charge in [0.2, 0.25) is 5.95 Å². The van der Waals surface area contributed by atoms with Crippen LogP contribution in [0.5, 0.6) is 0 Å². The summed E-state index contributed by atoms with van der Waals surface area (Å²) in [6, 6.07) is 16.4. The topological polar surface area (TPSA) is 94.9 Å². The summed E-state index contributed by atoms with van der Waals surface area (Å²) in [5.74, 6) is 0.793. The number of nitrogens with two attached hydrogens (primary N) is 1. The van der Waals surface area contributed by atoms with E-state index in [2.05, 4.69) is 43.0 Å². The fourth-order valence-corrected chi connectivity index (χ4v) is 5.53. The normalized spacial score (nSPS) is 16.0. The molecule has 2 aromatic carbocycles. The molecular formula is C30H33N7O. The van der Waals surface area contributed by atoms with Gasteiger partial charge in [-0.15, -0.1) is 0 Å². The number of para-hydroxylation sites is 1. The largest absolute Gasteiger partial charge is 0.341 e. The van der Waals surface area contributed by atoms with Crippen LogP contribution in [-0.4, -0.2) is 43.4 Å². The van der Waals surface area contributed by atoms with E-state index in [0.717, 1.165) is 64.9 Å². The van der Waals surface area contributed by atoms with Crippen molar-refractivity contribution >= 4 is 38.7 Å². The van der Waals surface area contributed by atoms with Gasteiger partial charge in [-0.05, 0) is 45.1 Å². The molecular weight excluding hydrogens is 474 g/mol. The van der Waals surface area contributed by atoms with Crippen LogP contribution >= 0.6 is 0 Å². The highest BCUT2D eigenvalue weighted by molar-refractivity contribution is 6.06. The molecule has 1 aliphatic rings. The Morgan fingerprint density at radius 3 is 2.55 bits per heavy atom. The molecule has 1 saturated heterocycles. The number of hydrogen-bond acceptors (Lipinski definition) is 6. The third-order valence-corrected chi connectivity index (χ3v) is 7.41. The molecule has 4 heterocycles. The Kier molecular flexibility index (Phi) is 6.19. The Hall–Kier alpha value is -4.04. The van der Waals surface area contributed by atoms with E-state index in [0.29, 0.717) is 17.6 Å². The molecule has 194 valence electrons. The Morgan fingerprint density at radius 1 is 1.05 bits per heavy atom. The first-order chi connectivity index (χ1) is 18.4. The van der Waals surface area contributed by atoms with Gasteiger partial charge in [0.05, 0.1) is 23.4 Å². The summed E-state index contributed by atoms with van der Waals surface area (Å²) in [7, 11) is 0. The average molecular weight is 508 g/mol. The molecule has 8 nitrogen and oxygen atoms in total. The van der Waals surface area contributed by atoms with Crippen molar-refractivity contribution in [3.8, 4) is 0 Å². The second-order valence-electron chi connectivity index (χ2n) is 10.5. The molecule has 38 heavy (non-hydrogen) atoms. The van der Waals surface area contributed by atoms with Crippen molar-refractivity contribution < 1.29 is 0 Å². The number of benzene rings is 2. The first-order valence-electron chi connectivity index (χ1n) is 13.3. The molecule has 0 amide bonds. The number of allylic oxidation sites excluding steroid dienone is 2. The summed E-state index contributed by atoms with van der Waals surface area (Å²) >= 11 is 0. The van der Waals surface area contributed by atoms with E-state index in [9.17, 15) is 4.79 Å². The van der Waals surface area contributed by atoms with E-state index < -0.39 is 0 Å². The number of rotatable bonds is 5. The zero-order chi connectivity index (χ0) is 26.4. The lowest BCUT2D eigenvalue weighted by molar-refractivity contribution is 0.495. The quantitative estimate of drug-likeness (QED) is 0.277. The van der Waals surface area contributed by atoms with Crippen molar-refractivity contribution in [2.75, 3.05) is 18.0 Å². The molecule has 0 spiro atoms. The van der Waals surface area contributed by atoms with Crippen LogP contribution in [0, 0.1) is 6.92 Å². The lowest BCUT2D eigenvalue weighted by atomic mass is 10.0. The van der Waals surface area contributed by atoms with Crippen molar-refractivity contribution in [1.29, 1.82) is 0 Å². The van der Waals surface area contributed by atoms with Crippen LogP contribution in [0.25, 0.3) is 32.7 Å². The number of aromatic nitrogens is 5. The molecule has 2 N–H and O–H groups in total. The predicted octanol–water partition coefficient (Wildman–Crippen LogP) is 4.54. The van der Waals surface area contributed by atoms with Crippen LogP contribution in [0.1, 0.15) is 38.1 Å². The molecule has 1 atom stereocenters. The number of aryl methyl sites for hydroxylation is 1. The van der Waals surface area contributed by atoms with Gasteiger partial charge in [-0.1, -0.05) is 54.1 Å². The van der Waals surface area contributed by atoms with Gasteiger partial charge >= 0.3 is 0 Å². The maximum atomic E-state index is 14.1. The van der Waals surface area contributed by atoms with Gasteiger partial charge in [0.1, 0.15) is 11.0 Å². The molecule has 8 heteroatoms. The van der Waals surface area contributed by atoms with E-state index in [1.54, 1.807) is 4.68 Å². The fourth-order valence-electron chi connectivity index (χ4n) is 5.53. The third-order valence-electron chi connectivity index (χ3n) is 7.41. The Bertz CT molecular complexity index is 1760. The Morgan fingerprint density at radius 2 is 1.79 bits per heavy atom. The number of nitrogens with zero attached hydrogens (tertiary/aromatic N) is 6. The van der Waals surface area contributed by atoms with E-state index in [4.69, 9.17) is 20.8 Å². The number of imidazole rings is 1. The monoisotopic (exact) mass is 507 g/mol. The Balaban J connectivity index is 1.53. The molecule has 1 aliphatic heterocycles. The summed E-state index contributed by atoms with van der Waals surface area (Å²) < 4.78 is 3.59. The van der Waals surface area contributed by atoms with Crippen LogP contribution in [0.4, 0.5) is 5.95 Å². The first-order valence-corrected chi connectivity index (χ1v) is 13.3. The standard InChI is InChI=1S/C30H33N7O/c1-19(2)14-16-36-28-27(33-30(36)35-15-8-9-21(31)17-35)20(3)34-37(29(28)38)18-26-24-12-5-4-10-22(24)23-11-6-7-13-25(23)32-26/h4-7,10-14,21H,8-9,15-18,31H2,1-3H3. The lowest BCUT2D eigenvalue weighted by Gasteiger charge is -2.31. The van der Waals surface area contributed by atoms with Crippen molar-refractivity contribution in [2.24, 2.45) is 5.73 Å². The van der Waals surface area contributed by atoms with Gasteiger partial charge in [-0.2, -0.15) is 5.10 Å². The highest BCUT2D eigenvalue weighted by Gasteiger charge is 2.25. The molecule has 3 aromatic heterocycles. The molecule has 0 aliphatic carbocycles. The molecule has 0 bridgehead atoms. The van der Waals surface area contributed by atoms with E-state index in [1.807, 2.05) is 41.8 Å². The van der Waals surface area contributed by atoms with Crippen LogP contribution in [0.15, 0.2) is 65.0 Å². The number of fused-ring (bicyclic) bond motifs is 4. The van der Waals surface area contributed by atoms with Crippen LogP contribution in [0.3, 0.4) is 0 Å². The van der Waals surface area contributed by atoms with Gasteiger partial charge < -0.3 is 15.2 Å². The highest BCUT2D eigenvalue weighted by atomic mass is 16.1. The summed E-state index contributed by atoms with van der Waals surface area (Å²) in [5, 5.41) is 7.97. The second-order valence-corrected chi connectivity index (χ2v) is 10.5. The number of hydrogen-bond donors (Lipinski definition) is 1. The smallest absolute Gasteiger partial charge is 0.293 e. The summed E-state index contributed by atoms with van der Waals surface area (Å²) in [6.45, 7) is 8.50. The average Bonchev–Trinajstić information content (AvgIpc) is 3.31. The molecule has 1 fully saturated rings. The molecule has 0 saturated carbocycles. The van der Waals surface area contributed by atoms with E-state index in [-0.39, 0.29) is 18.1 Å². The first kappa shape index (κ1) is 24.3. The number of pyridine rings is 1. The maximum Gasteiger partial charge on any atom is 0.293 e.